The molecule has 0 saturated heterocycles. The van der Waals surface area contributed by atoms with Crippen LogP contribution in [0.4, 0.5) is 0 Å². The lowest BCUT2D eigenvalue weighted by Crippen LogP contribution is -2.01. The van der Waals surface area contributed by atoms with E-state index in [1.807, 2.05) is 6.07 Å². The maximum absolute atomic E-state index is 12.8. The standard InChI is InChI=1S/C20H15ClN2O3/c1-25-18-6-3-12(8-19(18)26-2)7-13(10-22)20(24)16-11-23-17-9-14(21)4-5-15(16)17/h3-9,11,23H,1-2H3. The second-order valence-corrected chi connectivity index (χ2v) is 5.94. The number of ether oxygens (including phenoxy) is 2. The fourth-order valence-electron chi connectivity index (χ4n) is 2.69. The normalized spacial score (nSPS) is 11.2. The van der Waals surface area contributed by atoms with Crippen molar-refractivity contribution in [3.8, 4) is 17.6 Å². The van der Waals surface area contributed by atoms with Crippen LogP contribution < -0.4 is 9.47 Å². The number of nitrogens with one attached hydrogen (secondary N) is 1. The first-order valence-corrected chi connectivity index (χ1v) is 8.10. The number of carbonyl (C=O) groups is 1. The van der Waals surface area contributed by atoms with Crippen LogP contribution in [0.25, 0.3) is 17.0 Å². The third-order valence-corrected chi connectivity index (χ3v) is 4.21. The fraction of sp³-hybridized carbons (Fsp3) is 0.100. The number of aromatic nitrogens is 1. The number of fused-ring (bicyclic) bond motifs is 1. The van der Waals surface area contributed by atoms with Gasteiger partial charge in [0.15, 0.2) is 11.5 Å². The van der Waals surface area contributed by atoms with Crippen molar-refractivity contribution >= 4 is 34.4 Å². The number of H-pyrrole nitrogens is 1. The summed E-state index contributed by atoms with van der Waals surface area (Å²) in [6.45, 7) is 0. The van der Waals surface area contributed by atoms with E-state index in [1.165, 1.54) is 13.2 Å². The molecule has 0 aliphatic rings. The number of benzene rings is 2. The molecule has 0 fully saturated rings. The molecule has 0 amide bonds. The Hall–Kier alpha value is -3.23. The minimum absolute atomic E-state index is 0.0214. The first-order chi connectivity index (χ1) is 12.6. The number of allylic oxidation sites excluding steroid dienone is 1. The maximum atomic E-state index is 12.8. The third kappa shape index (κ3) is 3.28. The molecule has 0 bridgehead atoms. The van der Waals surface area contributed by atoms with Crippen molar-refractivity contribution in [1.82, 2.24) is 4.98 Å². The summed E-state index contributed by atoms with van der Waals surface area (Å²) < 4.78 is 10.4. The van der Waals surface area contributed by atoms with E-state index in [0.717, 1.165) is 5.52 Å². The van der Waals surface area contributed by atoms with Gasteiger partial charge in [0, 0.05) is 27.7 Å². The molecule has 0 aliphatic heterocycles. The minimum Gasteiger partial charge on any atom is -0.493 e. The number of rotatable bonds is 5. The molecule has 1 N–H and O–H groups in total. The first-order valence-electron chi connectivity index (χ1n) is 7.72. The molecular weight excluding hydrogens is 352 g/mol. The molecule has 0 saturated carbocycles. The molecule has 0 spiro atoms. The number of nitriles is 1. The zero-order chi connectivity index (χ0) is 18.7. The van der Waals surface area contributed by atoms with Gasteiger partial charge < -0.3 is 14.5 Å². The van der Waals surface area contributed by atoms with E-state index in [2.05, 4.69) is 4.98 Å². The Kier molecular flexibility index (Phi) is 4.97. The molecule has 0 radical (unpaired) electrons. The third-order valence-electron chi connectivity index (χ3n) is 3.97. The minimum atomic E-state index is -0.365. The van der Waals surface area contributed by atoms with Gasteiger partial charge in [0.2, 0.25) is 5.78 Å². The first kappa shape index (κ1) is 17.6. The number of halogens is 1. The average Bonchev–Trinajstić information content (AvgIpc) is 3.08. The Morgan fingerprint density at radius 1 is 1.15 bits per heavy atom. The Labute approximate surface area is 155 Å². The van der Waals surface area contributed by atoms with E-state index in [0.29, 0.717) is 33.0 Å². The smallest absolute Gasteiger partial charge is 0.205 e. The SMILES string of the molecule is COc1ccc(C=C(C#N)C(=O)c2c[nH]c3cc(Cl)ccc23)cc1OC. The monoisotopic (exact) mass is 366 g/mol. The highest BCUT2D eigenvalue weighted by molar-refractivity contribution is 6.31. The number of hydrogen-bond donors (Lipinski definition) is 1. The summed E-state index contributed by atoms with van der Waals surface area (Å²) in [5.41, 5.74) is 1.85. The number of carbonyl (C=O) groups excluding carboxylic acids is 1. The number of nitrogens with zero attached hydrogens (tertiary/aromatic N) is 1. The van der Waals surface area contributed by atoms with Gasteiger partial charge in [0.1, 0.15) is 11.6 Å². The van der Waals surface area contributed by atoms with Crippen molar-refractivity contribution in [2.75, 3.05) is 14.2 Å². The van der Waals surface area contributed by atoms with Gasteiger partial charge in [-0.1, -0.05) is 23.7 Å². The fourth-order valence-corrected chi connectivity index (χ4v) is 2.86. The van der Waals surface area contributed by atoms with Crippen molar-refractivity contribution in [3.05, 3.63) is 64.3 Å². The molecule has 130 valence electrons. The number of Topliss-reactive ketones (excluding diaryl/α,β-unsaturated/α-hetero) is 1. The van der Waals surface area contributed by atoms with Crippen molar-refractivity contribution in [3.63, 3.8) is 0 Å². The van der Waals surface area contributed by atoms with Crippen LogP contribution in [0.5, 0.6) is 11.5 Å². The van der Waals surface area contributed by atoms with Crippen molar-refractivity contribution in [2.45, 2.75) is 0 Å². The summed E-state index contributed by atoms with van der Waals surface area (Å²) in [7, 11) is 3.07. The van der Waals surface area contributed by atoms with Gasteiger partial charge in [-0.3, -0.25) is 4.79 Å². The van der Waals surface area contributed by atoms with E-state index in [9.17, 15) is 10.1 Å². The van der Waals surface area contributed by atoms with Crippen molar-refractivity contribution in [2.24, 2.45) is 0 Å². The number of methoxy groups -OCH3 is 2. The van der Waals surface area contributed by atoms with Crippen molar-refractivity contribution in [1.29, 1.82) is 5.26 Å². The molecule has 2 aromatic carbocycles. The lowest BCUT2D eigenvalue weighted by atomic mass is 10.0. The van der Waals surface area contributed by atoms with Crippen LogP contribution in [0.15, 0.2) is 48.2 Å². The van der Waals surface area contributed by atoms with Crippen LogP contribution in [0, 0.1) is 11.3 Å². The summed E-state index contributed by atoms with van der Waals surface area (Å²) in [6.07, 6.45) is 3.11. The van der Waals surface area contributed by atoms with Crippen LogP contribution in [-0.4, -0.2) is 25.0 Å². The molecule has 0 atom stereocenters. The van der Waals surface area contributed by atoms with Crippen LogP contribution in [0.1, 0.15) is 15.9 Å². The summed E-state index contributed by atoms with van der Waals surface area (Å²) in [6, 6.07) is 12.4. The highest BCUT2D eigenvalue weighted by atomic mass is 35.5. The zero-order valence-electron chi connectivity index (χ0n) is 14.2. The lowest BCUT2D eigenvalue weighted by molar-refractivity contribution is 0.104. The van der Waals surface area contributed by atoms with E-state index in [1.54, 1.807) is 49.7 Å². The quantitative estimate of drug-likeness (QED) is 0.406. The summed E-state index contributed by atoms with van der Waals surface area (Å²) in [5.74, 6) is 0.728. The molecule has 3 rings (SSSR count). The Morgan fingerprint density at radius 2 is 1.92 bits per heavy atom. The second-order valence-electron chi connectivity index (χ2n) is 5.51. The molecule has 3 aromatic rings. The zero-order valence-corrected chi connectivity index (χ0v) is 14.9. The topological polar surface area (TPSA) is 75.1 Å². The number of ketones is 1. The molecule has 5 nitrogen and oxygen atoms in total. The summed E-state index contributed by atoms with van der Waals surface area (Å²) in [4.78, 5) is 15.8. The van der Waals surface area contributed by atoms with Crippen LogP contribution >= 0.6 is 11.6 Å². The molecule has 1 aromatic heterocycles. The Morgan fingerprint density at radius 3 is 2.62 bits per heavy atom. The molecule has 26 heavy (non-hydrogen) atoms. The van der Waals surface area contributed by atoms with Gasteiger partial charge in [-0.25, -0.2) is 0 Å². The highest BCUT2D eigenvalue weighted by Crippen LogP contribution is 2.29. The van der Waals surface area contributed by atoms with Gasteiger partial charge in [0.05, 0.1) is 14.2 Å². The summed E-state index contributed by atoms with van der Waals surface area (Å²) >= 11 is 5.97. The summed E-state index contributed by atoms with van der Waals surface area (Å²) in [5, 5.41) is 10.8. The maximum Gasteiger partial charge on any atom is 0.205 e. The second kappa shape index (κ2) is 7.34. The molecule has 6 heteroatoms. The number of hydrogen-bond acceptors (Lipinski definition) is 4. The predicted molar refractivity (Wildman–Crippen MR) is 101 cm³/mol. The van der Waals surface area contributed by atoms with E-state index in [4.69, 9.17) is 21.1 Å². The van der Waals surface area contributed by atoms with Gasteiger partial charge in [-0.15, -0.1) is 0 Å². The van der Waals surface area contributed by atoms with Gasteiger partial charge in [-0.05, 0) is 35.9 Å². The largest absolute Gasteiger partial charge is 0.493 e. The molecule has 0 aliphatic carbocycles. The van der Waals surface area contributed by atoms with E-state index >= 15 is 0 Å². The van der Waals surface area contributed by atoms with E-state index in [-0.39, 0.29) is 11.4 Å². The Bertz CT molecular complexity index is 1060. The van der Waals surface area contributed by atoms with Crippen LogP contribution in [0.3, 0.4) is 0 Å². The number of aromatic amines is 1. The molecule has 1 heterocycles. The molecule has 0 unspecified atom stereocenters. The van der Waals surface area contributed by atoms with Crippen molar-refractivity contribution < 1.29 is 14.3 Å². The molecular formula is C20H15ClN2O3. The van der Waals surface area contributed by atoms with Gasteiger partial charge in [-0.2, -0.15) is 5.26 Å². The Balaban J connectivity index is 2.01. The highest BCUT2D eigenvalue weighted by Gasteiger charge is 2.17. The van der Waals surface area contributed by atoms with Gasteiger partial charge in [0.25, 0.3) is 0 Å². The van der Waals surface area contributed by atoms with Crippen LogP contribution in [0.2, 0.25) is 5.02 Å². The van der Waals surface area contributed by atoms with Crippen LogP contribution in [-0.2, 0) is 0 Å². The van der Waals surface area contributed by atoms with Gasteiger partial charge >= 0.3 is 0 Å². The average molecular weight is 367 g/mol. The van der Waals surface area contributed by atoms with E-state index < -0.39 is 0 Å². The lowest BCUT2D eigenvalue weighted by Gasteiger charge is -2.08. The predicted octanol–water partition coefficient (Wildman–Crippen LogP) is 4.63.